The molecule has 0 unspecified atom stereocenters. The molecule has 2 N–H and O–H groups in total. The van der Waals surface area contributed by atoms with E-state index in [2.05, 4.69) is 10.1 Å². The molecule has 1 aromatic heterocycles. The van der Waals surface area contributed by atoms with E-state index in [1.807, 2.05) is 31.3 Å². The van der Waals surface area contributed by atoms with Crippen molar-refractivity contribution in [3.05, 3.63) is 30.6 Å². The summed E-state index contributed by atoms with van der Waals surface area (Å²) in [6.45, 7) is 0.231. The van der Waals surface area contributed by atoms with Crippen molar-refractivity contribution in [3.63, 3.8) is 0 Å². The number of carbonyl (C=O) groups is 1. The third-order valence-electron chi connectivity index (χ3n) is 3.49. The third kappa shape index (κ3) is 2.64. The van der Waals surface area contributed by atoms with E-state index in [1.54, 1.807) is 15.9 Å². The van der Waals surface area contributed by atoms with Crippen molar-refractivity contribution in [2.75, 3.05) is 12.8 Å². The van der Waals surface area contributed by atoms with Crippen LogP contribution in [0.2, 0.25) is 0 Å². The molecule has 1 aliphatic carbocycles. The van der Waals surface area contributed by atoms with Crippen LogP contribution in [0.25, 0.3) is 11.4 Å². The van der Waals surface area contributed by atoms with Gasteiger partial charge in [0.15, 0.2) is 5.82 Å². The van der Waals surface area contributed by atoms with E-state index in [0.717, 1.165) is 18.4 Å². The number of rotatable bonds is 4. The quantitative estimate of drug-likeness (QED) is 0.846. The van der Waals surface area contributed by atoms with Crippen molar-refractivity contribution in [2.24, 2.45) is 0 Å². The van der Waals surface area contributed by atoms with E-state index in [0.29, 0.717) is 17.6 Å². The molecular formula is C14H17N5O. The second-order valence-electron chi connectivity index (χ2n) is 5.12. The molecule has 1 saturated carbocycles. The number of likely N-dealkylation sites (N-methyl/N-ethyl adjacent to an activating group) is 1. The Bertz CT molecular complexity index is 615. The van der Waals surface area contributed by atoms with Gasteiger partial charge >= 0.3 is 0 Å². The molecule has 1 aliphatic rings. The first kappa shape index (κ1) is 12.7. The molecule has 0 saturated heterocycles. The topological polar surface area (TPSA) is 77.0 Å². The predicted octanol–water partition coefficient (Wildman–Crippen LogP) is 1.15. The van der Waals surface area contributed by atoms with Crippen LogP contribution >= 0.6 is 0 Å². The summed E-state index contributed by atoms with van der Waals surface area (Å²) in [5, 5.41) is 4.33. The minimum atomic E-state index is 0.0706. The highest BCUT2D eigenvalue weighted by molar-refractivity contribution is 5.76. The Morgan fingerprint density at radius 3 is 2.75 bits per heavy atom. The maximum Gasteiger partial charge on any atom is 0.244 e. The Morgan fingerprint density at radius 2 is 2.10 bits per heavy atom. The fraction of sp³-hybridized carbons (Fsp3) is 0.357. The summed E-state index contributed by atoms with van der Waals surface area (Å²) in [5.41, 5.74) is 7.24. The minimum absolute atomic E-state index is 0.0706. The van der Waals surface area contributed by atoms with Gasteiger partial charge in [0.05, 0.1) is 0 Å². The molecule has 0 spiro atoms. The largest absolute Gasteiger partial charge is 0.399 e. The van der Waals surface area contributed by atoms with Crippen LogP contribution in [0.5, 0.6) is 0 Å². The number of nitrogen functional groups attached to an aromatic ring is 1. The van der Waals surface area contributed by atoms with Crippen LogP contribution in [-0.2, 0) is 11.3 Å². The molecule has 0 radical (unpaired) electrons. The number of carbonyl (C=O) groups excluding carboxylic acids is 1. The standard InChI is InChI=1S/C14H17N5O/c1-18(12-6-7-12)13(20)8-19-9-16-14(17-19)10-2-4-11(15)5-3-10/h2-5,9,12H,6-8,15H2,1H3. The number of aromatic nitrogens is 3. The molecule has 0 aliphatic heterocycles. The first-order chi connectivity index (χ1) is 9.63. The lowest BCUT2D eigenvalue weighted by Crippen LogP contribution is -2.32. The van der Waals surface area contributed by atoms with Gasteiger partial charge in [-0.2, -0.15) is 5.10 Å². The zero-order valence-corrected chi connectivity index (χ0v) is 11.4. The molecule has 1 aromatic carbocycles. The van der Waals surface area contributed by atoms with Crippen molar-refractivity contribution in [3.8, 4) is 11.4 Å². The molecule has 6 nitrogen and oxygen atoms in total. The minimum Gasteiger partial charge on any atom is -0.399 e. The number of benzene rings is 1. The van der Waals surface area contributed by atoms with Gasteiger partial charge in [0.25, 0.3) is 0 Å². The molecule has 1 heterocycles. The van der Waals surface area contributed by atoms with Gasteiger partial charge in [-0.25, -0.2) is 9.67 Å². The summed E-state index contributed by atoms with van der Waals surface area (Å²) in [6.07, 6.45) is 3.80. The summed E-state index contributed by atoms with van der Waals surface area (Å²) in [7, 11) is 1.85. The van der Waals surface area contributed by atoms with Gasteiger partial charge in [-0.15, -0.1) is 0 Å². The average Bonchev–Trinajstić information content (AvgIpc) is 3.19. The number of hydrogen-bond acceptors (Lipinski definition) is 4. The zero-order chi connectivity index (χ0) is 14.1. The molecule has 2 aromatic rings. The normalized spacial score (nSPS) is 14.2. The van der Waals surface area contributed by atoms with Crippen molar-refractivity contribution in [2.45, 2.75) is 25.4 Å². The summed E-state index contributed by atoms with van der Waals surface area (Å²) in [6, 6.07) is 7.77. The number of hydrogen-bond donors (Lipinski definition) is 1. The summed E-state index contributed by atoms with van der Waals surface area (Å²) in [5.74, 6) is 0.674. The summed E-state index contributed by atoms with van der Waals surface area (Å²) < 4.78 is 1.58. The molecule has 3 rings (SSSR count). The van der Waals surface area contributed by atoms with E-state index in [4.69, 9.17) is 5.73 Å². The van der Waals surface area contributed by atoms with Gasteiger partial charge in [-0.05, 0) is 37.1 Å². The first-order valence-corrected chi connectivity index (χ1v) is 6.64. The monoisotopic (exact) mass is 271 g/mol. The van der Waals surface area contributed by atoms with Crippen molar-refractivity contribution in [1.29, 1.82) is 0 Å². The Hall–Kier alpha value is -2.37. The van der Waals surface area contributed by atoms with Crippen LogP contribution in [0.3, 0.4) is 0 Å². The molecule has 1 fully saturated rings. The maximum absolute atomic E-state index is 12.0. The van der Waals surface area contributed by atoms with Gasteiger partial charge in [-0.1, -0.05) is 0 Å². The van der Waals surface area contributed by atoms with Crippen LogP contribution < -0.4 is 5.73 Å². The molecule has 104 valence electrons. The smallest absolute Gasteiger partial charge is 0.244 e. The lowest BCUT2D eigenvalue weighted by molar-refractivity contribution is -0.131. The zero-order valence-electron chi connectivity index (χ0n) is 11.4. The molecular weight excluding hydrogens is 254 g/mol. The van der Waals surface area contributed by atoms with Gasteiger partial charge in [0.2, 0.25) is 5.91 Å². The van der Waals surface area contributed by atoms with Crippen molar-refractivity contribution >= 4 is 11.6 Å². The second kappa shape index (κ2) is 4.96. The highest BCUT2D eigenvalue weighted by atomic mass is 16.2. The van der Waals surface area contributed by atoms with Crippen LogP contribution in [0, 0.1) is 0 Å². The molecule has 0 atom stereocenters. The van der Waals surface area contributed by atoms with E-state index in [9.17, 15) is 4.79 Å². The Labute approximate surface area is 117 Å². The lowest BCUT2D eigenvalue weighted by atomic mass is 10.2. The SMILES string of the molecule is CN(C(=O)Cn1cnc(-c2ccc(N)cc2)n1)C1CC1. The number of amides is 1. The van der Waals surface area contributed by atoms with E-state index >= 15 is 0 Å². The first-order valence-electron chi connectivity index (χ1n) is 6.64. The molecule has 0 bridgehead atoms. The van der Waals surface area contributed by atoms with Gasteiger partial charge in [0.1, 0.15) is 12.9 Å². The maximum atomic E-state index is 12.0. The highest BCUT2D eigenvalue weighted by Gasteiger charge is 2.29. The van der Waals surface area contributed by atoms with Gasteiger partial charge in [0, 0.05) is 24.3 Å². The Balaban J connectivity index is 1.70. The van der Waals surface area contributed by atoms with Crippen LogP contribution in [-0.4, -0.2) is 38.7 Å². The number of nitrogens with zero attached hydrogens (tertiary/aromatic N) is 4. The van der Waals surface area contributed by atoms with Crippen LogP contribution in [0.1, 0.15) is 12.8 Å². The Morgan fingerprint density at radius 1 is 1.40 bits per heavy atom. The van der Waals surface area contributed by atoms with Gasteiger partial charge in [-0.3, -0.25) is 4.79 Å². The van der Waals surface area contributed by atoms with Crippen LogP contribution in [0.4, 0.5) is 5.69 Å². The molecule has 20 heavy (non-hydrogen) atoms. The third-order valence-corrected chi connectivity index (χ3v) is 3.49. The van der Waals surface area contributed by atoms with E-state index < -0.39 is 0 Å². The highest BCUT2D eigenvalue weighted by Crippen LogP contribution is 2.25. The molecule has 6 heteroatoms. The Kier molecular flexibility index (Phi) is 3.14. The number of nitrogens with two attached hydrogens (primary N) is 1. The van der Waals surface area contributed by atoms with Crippen molar-refractivity contribution < 1.29 is 4.79 Å². The van der Waals surface area contributed by atoms with Gasteiger partial charge < -0.3 is 10.6 Å². The predicted molar refractivity (Wildman–Crippen MR) is 75.7 cm³/mol. The number of anilines is 1. The average molecular weight is 271 g/mol. The van der Waals surface area contributed by atoms with E-state index in [-0.39, 0.29) is 12.5 Å². The second-order valence-corrected chi connectivity index (χ2v) is 5.12. The van der Waals surface area contributed by atoms with E-state index in [1.165, 1.54) is 0 Å². The molecule has 1 amide bonds. The summed E-state index contributed by atoms with van der Waals surface area (Å²) >= 11 is 0. The van der Waals surface area contributed by atoms with Crippen LogP contribution in [0.15, 0.2) is 30.6 Å². The fourth-order valence-electron chi connectivity index (χ4n) is 2.05. The van der Waals surface area contributed by atoms with Crippen molar-refractivity contribution in [1.82, 2.24) is 19.7 Å². The lowest BCUT2D eigenvalue weighted by Gasteiger charge is -2.15. The summed E-state index contributed by atoms with van der Waals surface area (Å²) in [4.78, 5) is 18.0. The fourth-order valence-corrected chi connectivity index (χ4v) is 2.05.